The van der Waals surface area contributed by atoms with Crippen LogP contribution < -0.4 is 0 Å². The van der Waals surface area contributed by atoms with Crippen LogP contribution in [0, 0.1) is 0 Å². The molecular formula is C9H14O4. The largest absolute Gasteiger partial charge is 0.370 e. The van der Waals surface area contributed by atoms with Crippen LogP contribution in [-0.2, 0) is 19.3 Å². The fourth-order valence-corrected chi connectivity index (χ4v) is 0.783. The highest BCUT2D eigenvalue weighted by atomic mass is 17.2. The summed E-state index contributed by atoms with van der Waals surface area (Å²) in [6.07, 6.45) is 2.72. The van der Waals surface area contributed by atoms with Crippen LogP contribution in [0.4, 0.5) is 0 Å². The Morgan fingerprint density at radius 1 is 1.69 bits per heavy atom. The number of hydrogen-bond acceptors (Lipinski definition) is 4. The summed E-state index contributed by atoms with van der Waals surface area (Å²) in [4.78, 5) is 20.3. The second-order valence-electron chi connectivity index (χ2n) is 2.91. The Hall–Kier alpha value is -0.870. The van der Waals surface area contributed by atoms with Crippen molar-refractivity contribution in [3.8, 4) is 0 Å². The number of carbonyl (C=O) groups excluding carboxylic acids is 1. The second-order valence-corrected chi connectivity index (χ2v) is 2.91. The molecule has 1 unspecified atom stereocenters. The van der Waals surface area contributed by atoms with Crippen LogP contribution in [0.2, 0.25) is 0 Å². The molecule has 13 heavy (non-hydrogen) atoms. The third kappa shape index (κ3) is 4.05. The molecule has 0 aliphatic carbocycles. The minimum atomic E-state index is -0.428. The molecule has 74 valence electrons. The van der Waals surface area contributed by atoms with Crippen LogP contribution in [0.15, 0.2) is 11.6 Å². The van der Waals surface area contributed by atoms with E-state index >= 15 is 0 Å². The van der Waals surface area contributed by atoms with E-state index in [9.17, 15) is 4.79 Å². The standard InChI is InChI=1S/C9H14O4/c1-3-4-7(2)9(10)13-12-6-8-5-11-8/h4,8H,3,5-6H2,1-2H3. The fourth-order valence-electron chi connectivity index (χ4n) is 0.783. The van der Waals surface area contributed by atoms with Crippen molar-refractivity contribution in [1.82, 2.24) is 0 Å². The second kappa shape index (κ2) is 4.99. The molecule has 0 bridgehead atoms. The highest BCUT2D eigenvalue weighted by Crippen LogP contribution is 2.09. The van der Waals surface area contributed by atoms with Crippen molar-refractivity contribution in [2.45, 2.75) is 26.4 Å². The molecule has 0 saturated carbocycles. The van der Waals surface area contributed by atoms with Gasteiger partial charge in [0, 0.05) is 5.57 Å². The molecule has 0 spiro atoms. The van der Waals surface area contributed by atoms with Crippen LogP contribution in [0.3, 0.4) is 0 Å². The Morgan fingerprint density at radius 2 is 2.38 bits per heavy atom. The van der Waals surface area contributed by atoms with Gasteiger partial charge in [-0.25, -0.2) is 4.79 Å². The van der Waals surface area contributed by atoms with E-state index in [2.05, 4.69) is 9.78 Å². The molecule has 0 aromatic carbocycles. The van der Waals surface area contributed by atoms with Crippen LogP contribution in [0.1, 0.15) is 20.3 Å². The maximum Gasteiger partial charge on any atom is 0.368 e. The molecule has 4 heteroatoms. The SMILES string of the molecule is CCC=C(C)C(=O)OOCC1CO1. The normalized spacial score (nSPS) is 21.4. The average Bonchev–Trinajstić information content (AvgIpc) is 2.88. The van der Waals surface area contributed by atoms with Crippen LogP contribution >= 0.6 is 0 Å². The quantitative estimate of drug-likeness (QED) is 0.280. The van der Waals surface area contributed by atoms with Crippen molar-refractivity contribution < 1.29 is 19.3 Å². The van der Waals surface area contributed by atoms with Gasteiger partial charge < -0.3 is 4.74 Å². The Kier molecular flexibility index (Phi) is 3.92. The molecular weight excluding hydrogens is 172 g/mol. The van der Waals surface area contributed by atoms with Gasteiger partial charge in [-0.3, -0.25) is 4.89 Å². The van der Waals surface area contributed by atoms with Gasteiger partial charge in [0.15, 0.2) is 0 Å². The van der Waals surface area contributed by atoms with E-state index in [1.165, 1.54) is 0 Å². The zero-order valence-corrected chi connectivity index (χ0v) is 7.91. The van der Waals surface area contributed by atoms with Crippen molar-refractivity contribution in [1.29, 1.82) is 0 Å². The van der Waals surface area contributed by atoms with Crippen LogP contribution in [-0.4, -0.2) is 25.3 Å². The lowest BCUT2D eigenvalue weighted by molar-refractivity contribution is -0.269. The minimum Gasteiger partial charge on any atom is -0.370 e. The van der Waals surface area contributed by atoms with E-state index in [1.807, 2.05) is 6.92 Å². The van der Waals surface area contributed by atoms with Crippen LogP contribution in [0.25, 0.3) is 0 Å². The van der Waals surface area contributed by atoms with Gasteiger partial charge >= 0.3 is 5.97 Å². The van der Waals surface area contributed by atoms with Gasteiger partial charge in [-0.2, -0.15) is 4.89 Å². The zero-order valence-electron chi connectivity index (χ0n) is 7.91. The van der Waals surface area contributed by atoms with Gasteiger partial charge in [0.25, 0.3) is 0 Å². The number of allylic oxidation sites excluding steroid dienone is 1. The molecule has 1 saturated heterocycles. The molecule has 0 radical (unpaired) electrons. The van der Waals surface area contributed by atoms with Crippen molar-refractivity contribution in [3.63, 3.8) is 0 Å². The van der Waals surface area contributed by atoms with E-state index in [-0.39, 0.29) is 6.10 Å². The first-order valence-corrected chi connectivity index (χ1v) is 4.36. The number of epoxide rings is 1. The molecule has 1 aliphatic rings. The van der Waals surface area contributed by atoms with E-state index in [4.69, 9.17) is 4.74 Å². The summed E-state index contributed by atoms with van der Waals surface area (Å²) in [6.45, 7) is 4.67. The maximum absolute atomic E-state index is 11.1. The lowest BCUT2D eigenvalue weighted by Crippen LogP contribution is -2.10. The molecule has 0 N–H and O–H groups in total. The molecule has 4 nitrogen and oxygen atoms in total. The van der Waals surface area contributed by atoms with Crippen molar-refractivity contribution in [3.05, 3.63) is 11.6 Å². The molecule has 1 fully saturated rings. The van der Waals surface area contributed by atoms with E-state index in [0.29, 0.717) is 18.8 Å². The first-order valence-electron chi connectivity index (χ1n) is 4.36. The predicted molar refractivity (Wildman–Crippen MR) is 45.8 cm³/mol. The third-order valence-electron chi connectivity index (χ3n) is 1.62. The van der Waals surface area contributed by atoms with Gasteiger partial charge in [-0.1, -0.05) is 13.0 Å². The Bertz CT molecular complexity index is 206. The summed E-state index contributed by atoms with van der Waals surface area (Å²) in [7, 11) is 0. The van der Waals surface area contributed by atoms with Crippen molar-refractivity contribution in [2.24, 2.45) is 0 Å². The third-order valence-corrected chi connectivity index (χ3v) is 1.62. The molecule has 1 rings (SSSR count). The lowest BCUT2D eigenvalue weighted by Gasteiger charge is -2.01. The van der Waals surface area contributed by atoms with Gasteiger partial charge in [0.05, 0.1) is 6.61 Å². The van der Waals surface area contributed by atoms with Crippen molar-refractivity contribution >= 4 is 5.97 Å². The van der Waals surface area contributed by atoms with Gasteiger partial charge in [0.1, 0.15) is 12.7 Å². The Labute approximate surface area is 77.4 Å². The van der Waals surface area contributed by atoms with Crippen molar-refractivity contribution in [2.75, 3.05) is 13.2 Å². The zero-order chi connectivity index (χ0) is 9.68. The van der Waals surface area contributed by atoms with Gasteiger partial charge in [-0.05, 0) is 13.3 Å². The number of hydrogen-bond donors (Lipinski definition) is 0. The average molecular weight is 186 g/mol. The van der Waals surface area contributed by atoms with E-state index < -0.39 is 5.97 Å². The van der Waals surface area contributed by atoms with E-state index in [0.717, 1.165) is 6.42 Å². The van der Waals surface area contributed by atoms with Gasteiger partial charge in [0.2, 0.25) is 0 Å². The summed E-state index contributed by atoms with van der Waals surface area (Å²) in [5.41, 5.74) is 0.569. The molecule has 1 aliphatic heterocycles. The molecule has 0 aromatic heterocycles. The molecule has 1 heterocycles. The molecule has 0 aromatic rings. The lowest BCUT2D eigenvalue weighted by atomic mass is 10.2. The predicted octanol–water partition coefficient (Wildman–Crippen LogP) is 1.22. The minimum absolute atomic E-state index is 0.114. The number of carbonyl (C=O) groups is 1. The Balaban J connectivity index is 2.11. The monoisotopic (exact) mass is 186 g/mol. The highest BCUT2D eigenvalue weighted by Gasteiger charge is 2.23. The summed E-state index contributed by atoms with van der Waals surface area (Å²) < 4.78 is 4.87. The summed E-state index contributed by atoms with van der Waals surface area (Å²) in [5.74, 6) is -0.428. The summed E-state index contributed by atoms with van der Waals surface area (Å²) >= 11 is 0. The highest BCUT2D eigenvalue weighted by molar-refractivity contribution is 5.87. The maximum atomic E-state index is 11.1. The topological polar surface area (TPSA) is 48.1 Å². The van der Waals surface area contributed by atoms with E-state index in [1.54, 1.807) is 13.0 Å². The molecule has 0 amide bonds. The van der Waals surface area contributed by atoms with Gasteiger partial charge in [-0.15, -0.1) is 0 Å². The first-order chi connectivity index (χ1) is 6.24. The van der Waals surface area contributed by atoms with Crippen LogP contribution in [0.5, 0.6) is 0 Å². The summed E-state index contributed by atoms with van der Waals surface area (Å²) in [6, 6.07) is 0. The molecule has 1 atom stereocenters. The number of ether oxygens (including phenoxy) is 1. The smallest absolute Gasteiger partial charge is 0.368 e. The first kappa shape index (κ1) is 10.2. The Morgan fingerprint density at radius 3 is 2.92 bits per heavy atom. The number of rotatable bonds is 5. The summed E-state index contributed by atoms with van der Waals surface area (Å²) in [5, 5.41) is 0. The fraction of sp³-hybridized carbons (Fsp3) is 0.667.